The highest BCUT2D eigenvalue weighted by molar-refractivity contribution is 8.96. The van der Waals surface area contributed by atoms with E-state index in [9.17, 15) is 16.8 Å². The van der Waals surface area contributed by atoms with Crippen molar-refractivity contribution < 1.29 is 16.8 Å². The fourth-order valence-corrected chi connectivity index (χ4v) is 8.99. The average Bonchev–Trinajstić information content (AvgIpc) is 2.48. The van der Waals surface area contributed by atoms with Gasteiger partial charge in [0.2, 0.25) is 0 Å². The highest BCUT2D eigenvalue weighted by Crippen LogP contribution is 2.24. The molecule has 0 heterocycles. The Labute approximate surface area is 118 Å². The molecule has 0 fully saturated rings. The first kappa shape index (κ1) is 14.9. The van der Waals surface area contributed by atoms with Crippen molar-refractivity contribution in [3.05, 3.63) is 60.7 Å². The number of nitrogens with one attached hydrogen (secondary N) is 1. The lowest BCUT2D eigenvalue weighted by atomic mass is 10.4. The van der Waals surface area contributed by atoms with E-state index in [0.717, 1.165) is 0 Å². The molecule has 0 saturated carbocycles. The van der Waals surface area contributed by atoms with E-state index in [1.165, 1.54) is 48.5 Å². The molecule has 0 aliphatic heterocycles. The first-order valence-electron chi connectivity index (χ1n) is 5.43. The summed E-state index contributed by atoms with van der Waals surface area (Å²) in [7, 11) is -11.1. The fraction of sp³-hybridized carbons (Fsp3) is 0. The summed E-state index contributed by atoms with van der Waals surface area (Å²) >= 11 is 0. The SMILES string of the molecule is N=S(S(=O)(=O)c1ccccc1)S(=O)(=O)c1ccccc1. The van der Waals surface area contributed by atoms with Crippen molar-refractivity contribution >= 4 is 26.5 Å². The molecule has 0 saturated heterocycles. The summed E-state index contributed by atoms with van der Waals surface area (Å²) in [5, 5.41) is 0. The van der Waals surface area contributed by atoms with E-state index in [1.54, 1.807) is 12.1 Å². The fourth-order valence-electron chi connectivity index (χ4n) is 1.47. The van der Waals surface area contributed by atoms with E-state index in [2.05, 4.69) is 0 Å². The molecule has 20 heavy (non-hydrogen) atoms. The van der Waals surface area contributed by atoms with Gasteiger partial charge in [0, 0.05) is 0 Å². The van der Waals surface area contributed by atoms with Crippen LogP contribution in [-0.2, 0) is 26.5 Å². The third kappa shape index (κ3) is 2.67. The zero-order chi connectivity index (χ0) is 14.8. The molecule has 1 N–H and O–H groups in total. The first-order valence-corrected chi connectivity index (χ1v) is 10.7. The van der Waals surface area contributed by atoms with Crippen molar-refractivity contribution in [2.45, 2.75) is 9.79 Å². The van der Waals surface area contributed by atoms with Crippen LogP contribution in [0.1, 0.15) is 0 Å². The average molecular weight is 329 g/mol. The quantitative estimate of drug-likeness (QED) is 0.870. The maximum atomic E-state index is 12.2. The van der Waals surface area contributed by atoms with Gasteiger partial charge in [-0.2, -0.15) is 0 Å². The van der Waals surface area contributed by atoms with Crippen LogP contribution in [0.3, 0.4) is 0 Å². The van der Waals surface area contributed by atoms with Gasteiger partial charge in [0.05, 0.1) is 9.79 Å². The van der Waals surface area contributed by atoms with Crippen molar-refractivity contribution in [1.82, 2.24) is 0 Å². The Bertz CT molecular complexity index is 757. The van der Waals surface area contributed by atoms with Crippen molar-refractivity contribution in [2.75, 3.05) is 0 Å². The van der Waals surface area contributed by atoms with Crippen molar-refractivity contribution in [1.29, 1.82) is 4.78 Å². The molecule has 0 spiro atoms. The highest BCUT2D eigenvalue weighted by Gasteiger charge is 2.32. The normalized spacial score (nSPS) is 12.4. The highest BCUT2D eigenvalue weighted by atomic mass is 33.5. The number of hydrogen-bond donors (Lipinski definition) is 1. The molecule has 2 aromatic rings. The second-order valence-corrected chi connectivity index (χ2v) is 12.3. The topological polar surface area (TPSA) is 92.1 Å². The molecule has 0 atom stereocenters. The lowest BCUT2D eigenvalue weighted by molar-refractivity contribution is 0.607. The van der Waals surface area contributed by atoms with Gasteiger partial charge in [0.15, 0.2) is 0 Å². The molecule has 0 radical (unpaired) electrons. The smallest absolute Gasteiger partial charge is 0.251 e. The molecule has 2 aromatic carbocycles. The second-order valence-electron chi connectivity index (χ2n) is 3.77. The molecule has 0 amide bonds. The van der Waals surface area contributed by atoms with Crippen molar-refractivity contribution in [3.8, 4) is 0 Å². The molecule has 0 aliphatic rings. The van der Waals surface area contributed by atoms with Crippen LogP contribution in [0.15, 0.2) is 70.5 Å². The molecule has 0 aliphatic carbocycles. The maximum Gasteiger partial charge on any atom is 0.253 e. The van der Waals surface area contributed by atoms with E-state index in [1.807, 2.05) is 0 Å². The standard InChI is InChI=1S/C12H11NO4S3/c13-18(19(14,15)11-7-3-1-4-8-11)20(16,17)12-9-5-2-6-10-12/h1-10,13H. The monoisotopic (exact) mass is 329 g/mol. The van der Waals surface area contributed by atoms with Crippen LogP contribution in [0.4, 0.5) is 0 Å². The van der Waals surface area contributed by atoms with Gasteiger partial charge in [-0.15, -0.1) is 0 Å². The van der Waals surface area contributed by atoms with E-state index in [-0.39, 0.29) is 9.79 Å². The summed E-state index contributed by atoms with van der Waals surface area (Å²) in [5.41, 5.74) is 0. The van der Waals surface area contributed by atoms with E-state index < -0.39 is 26.5 Å². The first-order chi connectivity index (χ1) is 9.37. The molecule has 0 bridgehead atoms. The van der Waals surface area contributed by atoms with Crippen LogP contribution in [0.25, 0.3) is 0 Å². The van der Waals surface area contributed by atoms with Gasteiger partial charge >= 0.3 is 0 Å². The minimum atomic E-state index is -4.24. The van der Waals surface area contributed by atoms with E-state index in [4.69, 9.17) is 4.78 Å². The Kier molecular flexibility index (Phi) is 4.07. The Morgan fingerprint density at radius 3 is 1.25 bits per heavy atom. The van der Waals surface area contributed by atoms with Gasteiger partial charge in [-0.25, -0.2) is 16.8 Å². The molecule has 106 valence electrons. The van der Waals surface area contributed by atoms with Crippen LogP contribution in [-0.4, -0.2) is 16.8 Å². The molecular formula is C12H11NO4S3. The Balaban J connectivity index is 2.53. The summed E-state index contributed by atoms with van der Waals surface area (Å²) < 4.78 is 56.5. The summed E-state index contributed by atoms with van der Waals surface area (Å²) in [4.78, 5) is -0.337. The largest absolute Gasteiger partial charge is 0.253 e. The Hall–Kier alpha value is -1.51. The van der Waals surface area contributed by atoms with E-state index >= 15 is 0 Å². The van der Waals surface area contributed by atoms with Crippen LogP contribution in [0.2, 0.25) is 0 Å². The minimum Gasteiger partial charge on any atom is -0.251 e. The molecular weight excluding hydrogens is 318 g/mol. The second kappa shape index (κ2) is 5.47. The van der Waals surface area contributed by atoms with Gasteiger partial charge in [0.25, 0.3) is 17.7 Å². The predicted octanol–water partition coefficient (Wildman–Crippen LogP) is 2.14. The lowest BCUT2D eigenvalue weighted by Crippen LogP contribution is -2.17. The van der Waals surface area contributed by atoms with Crippen LogP contribution < -0.4 is 0 Å². The Morgan fingerprint density at radius 2 is 0.950 bits per heavy atom. The van der Waals surface area contributed by atoms with Gasteiger partial charge in [-0.3, -0.25) is 4.78 Å². The summed E-state index contributed by atoms with van der Waals surface area (Å²) in [5.74, 6) is 0. The number of rotatable bonds is 4. The van der Waals surface area contributed by atoms with Crippen LogP contribution in [0.5, 0.6) is 0 Å². The zero-order valence-electron chi connectivity index (χ0n) is 10.1. The minimum absolute atomic E-state index is 0.169. The van der Waals surface area contributed by atoms with Crippen LogP contribution >= 0.6 is 0 Å². The van der Waals surface area contributed by atoms with Gasteiger partial charge in [-0.1, -0.05) is 36.4 Å². The van der Waals surface area contributed by atoms with E-state index in [0.29, 0.717) is 0 Å². The van der Waals surface area contributed by atoms with Gasteiger partial charge in [0.1, 0.15) is 8.76 Å². The zero-order valence-corrected chi connectivity index (χ0v) is 12.6. The number of hydrogen-bond acceptors (Lipinski definition) is 5. The number of benzene rings is 2. The Morgan fingerprint density at radius 1 is 0.650 bits per heavy atom. The van der Waals surface area contributed by atoms with Crippen molar-refractivity contribution in [2.24, 2.45) is 0 Å². The maximum absolute atomic E-state index is 12.2. The van der Waals surface area contributed by atoms with Gasteiger partial charge in [-0.05, 0) is 24.3 Å². The third-order valence-corrected chi connectivity index (χ3v) is 11.7. The third-order valence-electron chi connectivity index (χ3n) is 2.46. The van der Waals surface area contributed by atoms with Crippen molar-refractivity contribution in [3.63, 3.8) is 0 Å². The lowest BCUT2D eigenvalue weighted by Gasteiger charge is -2.08. The molecule has 0 unspecified atom stereocenters. The molecule has 8 heteroatoms. The molecule has 0 aromatic heterocycles. The molecule has 2 rings (SSSR count). The summed E-state index contributed by atoms with van der Waals surface area (Å²) in [6.07, 6.45) is 0. The van der Waals surface area contributed by atoms with Gasteiger partial charge < -0.3 is 0 Å². The van der Waals surface area contributed by atoms with Crippen LogP contribution in [0, 0.1) is 4.78 Å². The predicted molar refractivity (Wildman–Crippen MR) is 77.3 cm³/mol. The molecule has 5 nitrogen and oxygen atoms in total. The summed E-state index contributed by atoms with van der Waals surface area (Å²) in [6.45, 7) is 0. The summed E-state index contributed by atoms with van der Waals surface area (Å²) in [6, 6.07) is 14.3.